The molecule has 1 aliphatic heterocycles. The van der Waals surface area contributed by atoms with Crippen LogP contribution in [0.15, 0.2) is 40.4 Å². The lowest BCUT2D eigenvalue weighted by molar-refractivity contribution is -0.117. The molecule has 0 fully saturated rings. The van der Waals surface area contributed by atoms with Gasteiger partial charge in [0.25, 0.3) is 5.91 Å². The van der Waals surface area contributed by atoms with E-state index in [1.54, 1.807) is 0 Å². The number of aromatic nitrogens is 1. The number of fused-ring (bicyclic) bond motifs is 1. The van der Waals surface area contributed by atoms with Crippen LogP contribution in [0.3, 0.4) is 0 Å². The fraction of sp³-hybridized carbons (Fsp3) is 0.133. The van der Waals surface area contributed by atoms with Crippen molar-refractivity contribution in [2.24, 2.45) is 12.0 Å². The van der Waals surface area contributed by atoms with Crippen LogP contribution < -0.4 is 5.32 Å². The van der Waals surface area contributed by atoms with Crippen molar-refractivity contribution in [1.82, 2.24) is 9.88 Å². The Morgan fingerprint density at radius 2 is 2.14 bits per heavy atom. The summed E-state index contributed by atoms with van der Waals surface area (Å²) in [7, 11) is 1.97. The lowest BCUT2D eigenvalue weighted by Gasteiger charge is -1.97. The third-order valence-electron chi connectivity index (χ3n) is 3.12. The molecular weight excluding hydrogens is 286 g/mol. The molecule has 2 aromatic rings. The quantitative estimate of drug-likeness (QED) is 0.822. The number of amides is 2. The van der Waals surface area contributed by atoms with Crippen LogP contribution in [0.5, 0.6) is 0 Å². The van der Waals surface area contributed by atoms with Gasteiger partial charge in [0.2, 0.25) is 5.91 Å². The minimum absolute atomic E-state index is 0.236. The highest BCUT2D eigenvalue weighted by atomic mass is 32.2. The van der Waals surface area contributed by atoms with Crippen molar-refractivity contribution in [2.45, 2.75) is 6.92 Å². The first kappa shape index (κ1) is 13.6. The fourth-order valence-electron chi connectivity index (χ4n) is 2.24. The number of benzene rings is 1. The first-order valence-electron chi connectivity index (χ1n) is 6.39. The van der Waals surface area contributed by atoms with Crippen molar-refractivity contribution in [1.29, 1.82) is 0 Å². The van der Waals surface area contributed by atoms with Gasteiger partial charge in [0.05, 0.1) is 4.91 Å². The molecular formula is C15H13N3O2S. The minimum atomic E-state index is -0.323. The van der Waals surface area contributed by atoms with Gasteiger partial charge in [0.15, 0.2) is 5.17 Å². The maximum absolute atomic E-state index is 11.9. The summed E-state index contributed by atoms with van der Waals surface area (Å²) in [6.07, 6.45) is 3.79. The number of aliphatic imine (C=N–C) groups is 1. The van der Waals surface area contributed by atoms with Crippen molar-refractivity contribution in [3.63, 3.8) is 0 Å². The highest BCUT2D eigenvalue weighted by Gasteiger charge is 2.23. The zero-order valence-corrected chi connectivity index (χ0v) is 12.4. The Balaban J connectivity index is 1.95. The van der Waals surface area contributed by atoms with Crippen LogP contribution in [-0.2, 0) is 16.6 Å². The van der Waals surface area contributed by atoms with Crippen molar-refractivity contribution in [3.05, 3.63) is 40.9 Å². The second kappa shape index (κ2) is 5.21. The van der Waals surface area contributed by atoms with E-state index < -0.39 is 0 Å². The zero-order valence-electron chi connectivity index (χ0n) is 11.6. The molecule has 0 saturated carbocycles. The molecule has 0 bridgehead atoms. The monoisotopic (exact) mass is 299 g/mol. The first-order chi connectivity index (χ1) is 10.0. The number of carbonyl (C=O) groups excluding carboxylic acids is 2. The topological polar surface area (TPSA) is 63.5 Å². The van der Waals surface area contributed by atoms with Crippen LogP contribution in [0.25, 0.3) is 17.0 Å². The van der Waals surface area contributed by atoms with E-state index in [1.165, 1.54) is 18.7 Å². The van der Waals surface area contributed by atoms with E-state index in [0.29, 0.717) is 10.1 Å². The fourth-order valence-corrected chi connectivity index (χ4v) is 3.09. The molecule has 6 heteroatoms. The summed E-state index contributed by atoms with van der Waals surface area (Å²) in [5.41, 5.74) is 2.06. The third kappa shape index (κ3) is 2.62. The summed E-state index contributed by atoms with van der Waals surface area (Å²) in [5, 5.41) is 3.95. The minimum Gasteiger partial charge on any atom is -0.350 e. The molecule has 0 unspecified atom stereocenters. The molecule has 106 valence electrons. The van der Waals surface area contributed by atoms with Crippen LogP contribution in [0.4, 0.5) is 0 Å². The Bertz CT molecular complexity index is 817. The lowest BCUT2D eigenvalue weighted by atomic mass is 10.1. The predicted octanol–water partition coefficient (Wildman–Crippen LogP) is 2.28. The van der Waals surface area contributed by atoms with E-state index >= 15 is 0 Å². The number of amidine groups is 1. The number of hydrogen-bond donors (Lipinski definition) is 1. The first-order valence-corrected chi connectivity index (χ1v) is 7.20. The van der Waals surface area contributed by atoms with Gasteiger partial charge in [-0.25, -0.2) is 0 Å². The Hall–Kier alpha value is -2.34. The van der Waals surface area contributed by atoms with Gasteiger partial charge in [-0.05, 0) is 23.9 Å². The van der Waals surface area contributed by atoms with Crippen LogP contribution in [0.2, 0.25) is 0 Å². The second-order valence-electron chi connectivity index (χ2n) is 4.73. The molecule has 1 N–H and O–H groups in total. The Labute approximate surface area is 125 Å². The van der Waals surface area contributed by atoms with Gasteiger partial charge >= 0.3 is 0 Å². The molecule has 2 heterocycles. The highest BCUT2D eigenvalue weighted by Crippen LogP contribution is 2.30. The molecule has 21 heavy (non-hydrogen) atoms. The molecule has 3 rings (SSSR count). The summed E-state index contributed by atoms with van der Waals surface area (Å²) in [5.74, 6) is -0.558. The molecule has 2 amide bonds. The molecule has 0 saturated heterocycles. The van der Waals surface area contributed by atoms with Gasteiger partial charge in [-0.3, -0.25) is 9.59 Å². The van der Waals surface area contributed by atoms with Gasteiger partial charge in [0, 0.05) is 36.6 Å². The van der Waals surface area contributed by atoms with Crippen LogP contribution in [0.1, 0.15) is 12.5 Å². The number of hydrogen-bond acceptors (Lipinski definition) is 3. The number of aryl methyl sites for hydroxylation is 1. The van der Waals surface area contributed by atoms with Gasteiger partial charge in [-0.2, -0.15) is 4.99 Å². The third-order valence-corrected chi connectivity index (χ3v) is 4.02. The molecule has 1 aliphatic rings. The summed E-state index contributed by atoms with van der Waals surface area (Å²) in [6.45, 7) is 1.39. The Morgan fingerprint density at radius 3 is 2.90 bits per heavy atom. The number of nitrogens with zero attached hydrogens (tertiary/aromatic N) is 2. The van der Waals surface area contributed by atoms with Gasteiger partial charge < -0.3 is 9.88 Å². The summed E-state index contributed by atoms with van der Waals surface area (Å²) in [6, 6.07) is 7.99. The smallest absolute Gasteiger partial charge is 0.286 e. The molecule has 5 nitrogen and oxygen atoms in total. The molecule has 0 radical (unpaired) electrons. The molecule has 0 aliphatic carbocycles. The highest BCUT2D eigenvalue weighted by molar-refractivity contribution is 8.18. The number of nitrogens with one attached hydrogen (secondary N) is 1. The number of thioether (sulfide) groups is 1. The van der Waals surface area contributed by atoms with E-state index in [2.05, 4.69) is 10.3 Å². The normalized spacial score (nSPS) is 16.6. The average molecular weight is 299 g/mol. The Morgan fingerprint density at radius 1 is 1.38 bits per heavy atom. The van der Waals surface area contributed by atoms with Crippen LogP contribution in [0, 0.1) is 0 Å². The number of rotatable bonds is 1. The van der Waals surface area contributed by atoms with Crippen molar-refractivity contribution >= 4 is 45.7 Å². The van der Waals surface area contributed by atoms with Crippen LogP contribution in [-0.4, -0.2) is 21.5 Å². The Kier molecular flexibility index (Phi) is 3.39. The number of carbonyl (C=O) groups is 2. The molecule has 0 spiro atoms. The van der Waals surface area contributed by atoms with E-state index in [-0.39, 0.29) is 11.8 Å². The summed E-state index contributed by atoms with van der Waals surface area (Å²) < 4.78 is 2.02. The average Bonchev–Trinajstić information content (AvgIpc) is 2.92. The van der Waals surface area contributed by atoms with Crippen LogP contribution >= 0.6 is 11.8 Å². The lowest BCUT2D eigenvalue weighted by Crippen LogP contribution is -2.23. The SMILES string of the molecule is CC(=O)NC1=NC(=O)/C(=C/c2cn(C)c3ccccc23)S1. The maximum atomic E-state index is 11.9. The molecule has 1 aromatic carbocycles. The predicted molar refractivity (Wildman–Crippen MR) is 84.7 cm³/mol. The largest absolute Gasteiger partial charge is 0.350 e. The van der Waals surface area contributed by atoms with Crippen molar-refractivity contribution < 1.29 is 9.59 Å². The van der Waals surface area contributed by atoms with Gasteiger partial charge in [-0.1, -0.05) is 18.2 Å². The summed E-state index contributed by atoms with van der Waals surface area (Å²) >= 11 is 1.18. The summed E-state index contributed by atoms with van der Waals surface area (Å²) in [4.78, 5) is 27.2. The van der Waals surface area contributed by atoms with Crippen molar-refractivity contribution in [3.8, 4) is 0 Å². The van der Waals surface area contributed by atoms with E-state index in [0.717, 1.165) is 16.5 Å². The van der Waals surface area contributed by atoms with Gasteiger partial charge in [-0.15, -0.1) is 0 Å². The van der Waals surface area contributed by atoms with E-state index in [1.807, 2.05) is 48.2 Å². The maximum Gasteiger partial charge on any atom is 0.286 e. The number of para-hydroxylation sites is 1. The molecule has 1 aromatic heterocycles. The van der Waals surface area contributed by atoms with Crippen molar-refractivity contribution in [2.75, 3.05) is 0 Å². The second-order valence-corrected chi connectivity index (χ2v) is 5.76. The van der Waals surface area contributed by atoms with E-state index in [4.69, 9.17) is 0 Å². The molecule has 0 atom stereocenters. The zero-order chi connectivity index (χ0) is 15.0. The van der Waals surface area contributed by atoms with E-state index in [9.17, 15) is 9.59 Å². The standard InChI is InChI=1S/C15H13N3O2S/c1-9(19)16-15-17-14(20)13(21-15)7-10-8-18(2)12-6-4-3-5-11(10)12/h3-8H,1-2H3,(H,16,17,19,20)/b13-7-. The van der Waals surface area contributed by atoms with Gasteiger partial charge in [0.1, 0.15) is 0 Å².